The maximum Gasteiger partial charge on any atom is 0.251 e. The lowest BCUT2D eigenvalue weighted by Gasteiger charge is -2.20. The van der Waals surface area contributed by atoms with Gasteiger partial charge >= 0.3 is 0 Å². The predicted octanol–water partition coefficient (Wildman–Crippen LogP) is 3.54. The van der Waals surface area contributed by atoms with Crippen LogP contribution in [0, 0.1) is 13.8 Å². The molecule has 152 valence electrons. The minimum Gasteiger partial charge on any atom is -0.357 e. The van der Waals surface area contributed by atoms with E-state index in [0.717, 1.165) is 28.8 Å². The minimum atomic E-state index is -0.263. The molecule has 0 saturated carbocycles. The number of nitrogens with zero attached hydrogens (tertiary/aromatic N) is 2. The van der Waals surface area contributed by atoms with Crippen molar-refractivity contribution in [2.45, 2.75) is 60.2 Å². The number of aryl methyl sites for hydroxylation is 2. The SMILES string of the molecule is CCNC(=NCc1cccc(C(=O)NC(C)(C)C)c1)NCc1sc(C)nc1C. The Kier molecular flexibility index (Phi) is 7.57. The molecule has 0 bridgehead atoms. The minimum absolute atomic E-state index is 0.0700. The zero-order chi connectivity index (χ0) is 20.7. The molecule has 0 aliphatic carbocycles. The fourth-order valence-electron chi connectivity index (χ4n) is 2.64. The topological polar surface area (TPSA) is 78.4 Å². The zero-order valence-corrected chi connectivity index (χ0v) is 18.5. The Morgan fingerprint density at radius 2 is 1.96 bits per heavy atom. The highest BCUT2D eigenvalue weighted by Crippen LogP contribution is 2.16. The van der Waals surface area contributed by atoms with Crippen LogP contribution in [0.1, 0.15) is 59.2 Å². The first kappa shape index (κ1) is 21.9. The average molecular weight is 402 g/mol. The number of rotatable bonds is 6. The first-order valence-electron chi connectivity index (χ1n) is 9.54. The molecule has 1 heterocycles. The van der Waals surface area contributed by atoms with Gasteiger partial charge in [0, 0.05) is 22.5 Å². The zero-order valence-electron chi connectivity index (χ0n) is 17.6. The van der Waals surface area contributed by atoms with Crippen molar-refractivity contribution in [2.24, 2.45) is 4.99 Å². The Bertz CT molecular complexity index is 836. The molecule has 0 saturated heterocycles. The summed E-state index contributed by atoms with van der Waals surface area (Å²) in [6.45, 7) is 14.0. The summed E-state index contributed by atoms with van der Waals surface area (Å²) in [5, 5.41) is 10.7. The Balaban J connectivity index is 2.04. The molecule has 0 aliphatic heterocycles. The van der Waals surface area contributed by atoms with Gasteiger partial charge in [-0.1, -0.05) is 12.1 Å². The maximum absolute atomic E-state index is 12.4. The summed E-state index contributed by atoms with van der Waals surface area (Å²) in [6, 6.07) is 7.60. The van der Waals surface area contributed by atoms with Crippen molar-refractivity contribution in [2.75, 3.05) is 6.54 Å². The second kappa shape index (κ2) is 9.68. The molecule has 0 radical (unpaired) electrons. The van der Waals surface area contributed by atoms with E-state index in [1.165, 1.54) is 4.88 Å². The standard InChI is InChI=1S/C21H31N5OS/c1-7-22-20(24-13-18-14(2)25-15(3)28-18)23-12-16-9-8-10-17(11-16)19(27)26-21(4,5)6/h8-11H,7,12-13H2,1-6H3,(H,26,27)(H2,22,23,24). The van der Waals surface area contributed by atoms with Crippen molar-refractivity contribution in [1.82, 2.24) is 20.9 Å². The summed E-state index contributed by atoms with van der Waals surface area (Å²) in [7, 11) is 0. The van der Waals surface area contributed by atoms with E-state index in [1.54, 1.807) is 11.3 Å². The Morgan fingerprint density at radius 1 is 1.21 bits per heavy atom. The number of aromatic nitrogens is 1. The van der Waals surface area contributed by atoms with Gasteiger partial charge in [-0.05, 0) is 59.2 Å². The number of benzene rings is 1. The first-order valence-corrected chi connectivity index (χ1v) is 10.4. The number of hydrogen-bond acceptors (Lipinski definition) is 4. The third-order valence-corrected chi connectivity index (χ3v) is 4.93. The maximum atomic E-state index is 12.4. The van der Waals surface area contributed by atoms with Crippen molar-refractivity contribution in [3.05, 3.63) is 51.0 Å². The highest BCUT2D eigenvalue weighted by Gasteiger charge is 2.15. The molecule has 7 heteroatoms. The second-order valence-corrected chi connectivity index (χ2v) is 8.98. The molecule has 6 nitrogen and oxygen atoms in total. The number of hydrogen-bond donors (Lipinski definition) is 3. The Morgan fingerprint density at radius 3 is 2.57 bits per heavy atom. The molecular weight excluding hydrogens is 370 g/mol. The summed E-state index contributed by atoms with van der Waals surface area (Å²) in [4.78, 5) is 22.7. The van der Waals surface area contributed by atoms with Gasteiger partial charge in [-0.15, -0.1) is 11.3 Å². The van der Waals surface area contributed by atoms with Gasteiger partial charge in [-0.25, -0.2) is 9.98 Å². The second-order valence-electron chi connectivity index (χ2n) is 7.69. The molecular formula is C21H31N5OS. The number of guanidine groups is 1. The lowest BCUT2D eigenvalue weighted by Crippen LogP contribution is -2.40. The summed E-state index contributed by atoms with van der Waals surface area (Å²) >= 11 is 1.70. The van der Waals surface area contributed by atoms with Gasteiger partial charge in [0.15, 0.2) is 5.96 Å². The molecule has 28 heavy (non-hydrogen) atoms. The van der Waals surface area contributed by atoms with Crippen LogP contribution < -0.4 is 16.0 Å². The van der Waals surface area contributed by atoms with Crippen LogP contribution in [0.15, 0.2) is 29.3 Å². The van der Waals surface area contributed by atoms with Crippen molar-refractivity contribution in [3.8, 4) is 0 Å². The third kappa shape index (κ3) is 6.96. The number of amides is 1. The molecule has 2 aromatic rings. The summed E-state index contributed by atoms with van der Waals surface area (Å²) in [5.41, 5.74) is 2.43. The molecule has 0 atom stereocenters. The number of aliphatic imine (C=N–C) groups is 1. The molecule has 0 aliphatic rings. The van der Waals surface area contributed by atoms with Gasteiger partial charge in [-0.2, -0.15) is 0 Å². The lowest BCUT2D eigenvalue weighted by molar-refractivity contribution is 0.0919. The lowest BCUT2D eigenvalue weighted by atomic mass is 10.1. The molecule has 1 aromatic carbocycles. The number of carbonyl (C=O) groups is 1. The molecule has 1 aromatic heterocycles. The first-order chi connectivity index (χ1) is 13.2. The Hall–Kier alpha value is -2.41. The van der Waals surface area contributed by atoms with Crippen LogP contribution in [0.3, 0.4) is 0 Å². The largest absolute Gasteiger partial charge is 0.357 e. The van der Waals surface area contributed by atoms with E-state index in [0.29, 0.717) is 18.7 Å². The van der Waals surface area contributed by atoms with E-state index < -0.39 is 0 Å². The molecule has 3 N–H and O–H groups in total. The highest BCUT2D eigenvalue weighted by atomic mass is 32.1. The molecule has 0 unspecified atom stereocenters. The molecule has 2 rings (SSSR count). The third-order valence-electron chi connectivity index (χ3n) is 3.86. The van der Waals surface area contributed by atoms with Gasteiger partial charge in [-0.3, -0.25) is 4.79 Å². The van der Waals surface area contributed by atoms with Crippen molar-refractivity contribution in [1.29, 1.82) is 0 Å². The average Bonchev–Trinajstić information content (AvgIpc) is 2.93. The quantitative estimate of drug-likeness (QED) is 0.511. The Labute approximate surface area is 171 Å². The van der Waals surface area contributed by atoms with E-state index in [9.17, 15) is 4.79 Å². The van der Waals surface area contributed by atoms with Crippen molar-refractivity contribution >= 4 is 23.2 Å². The van der Waals surface area contributed by atoms with Crippen LogP contribution in [0.4, 0.5) is 0 Å². The van der Waals surface area contributed by atoms with Gasteiger partial charge in [0.25, 0.3) is 5.91 Å². The highest BCUT2D eigenvalue weighted by molar-refractivity contribution is 7.11. The summed E-state index contributed by atoms with van der Waals surface area (Å²) < 4.78 is 0. The monoisotopic (exact) mass is 401 g/mol. The van der Waals surface area contributed by atoms with Crippen LogP contribution in [0.25, 0.3) is 0 Å². The van der Waals surface area contributed by atoms with Gasteiger partial charge in [0.05, 0.1) is 23.8 Å². The van der Waals surface area contributed by atoms with Gasteiger partial charge < -0.3 is 16.0 Å². The number of carbonyl (C=O) groups excluding carboxylic acids is 1. The van der Waals surface area contributed by atoms with E-state index in [4.69, 9.17) is 0 Å². The van der Waals surface area contributed by atoms with Crippen LogP contribution in [0.2, 0.25) is 0 Å². The molecule has 1 amide bonds. The normalized spacial score (nSPS) is 12.0. The molecule has 0 spiro atoms. The van der Waals surface area contributed by atoms with Crippen LogP contribution in [0.5, 0.6) is 0 Å². The van der Waals surface area contributed by atoms with E-state index in [2.05, 4.69) is 25.9 Å². The van der Waals surface area contributed by atoms with E-state index >= 15 is 0 Å². The van der Waals surface area contributed by atoms with Gasteiger partial charge in [0.2, 0.25) is 0 Å². The fourth-order valence-corrected chi connectivity index (χ4v) is 3.51. The molecule has 0 fully saturated rings. The van der Waals surface area contributed by atoms with Crippen LogP contribution >= 0.6 is 11.3 Å². The van der Waals surface area contributed by atoms with Crippen molar-refractivity contribution < 1.29 is 4.79 Å². The fraction of sp³-hybridized carbons (Fsp3) is 0.476. The smallest absolute Gasteiger partial charge is 0.251 e. The van der Waals surface area contributed by atoms with Crippen LogP contribution in [-0.2, 0) is 13.1 Å². The van der Waals surface area contributed by atoms with E-state index in [-0.39, 0.29) is 11.4 Å². The number of thiazole rings is 1. The van der Waals surface area contributed by atoms with Crippen molar-refractivity contribution in [3.63, 3.8) is 0 Å². The van der Waals surface area contributed by atoms with Gasteiger partial charge in [0.1, 0.15) is 0 Å². The summed E-state index contributed by atoms with van der Waals surface area (Å²) in [6.07, 6.45) is 0. The number of nitrogens with one attached hydrogen (secondary N) is 3. The van der Waals surface area contributed by atoms with Crippen LogP contribution in [-0.4, -0.2) is 28.9 Å². The van der Waals surface area contributed by atoms with E-state index in [1.807, 2.05) is 65.8 Å². The predicted molar refractivity (Wildman–Crippen MR) is 117 cm³/mol. The summed E-state index contributed by atoms with van der Waals surface area (Å²) in [5.74, 6) is 0.678.